The maximum atomic E-state index is 12.0. The van der Waals surface area contributed by atoms with E-state index in [1.54, 1.807) is 4.90 Å². The van der Waals surface area contributed by atoms with Gasteiger partial charge in [-0.05, 0) is 25.0 Å². The van der Waals surface area contributed by atoms with Crippen LogP contribution in [0.5, 0.6) is 11.5 Å². The van der Waals surface area contributed by atoms with Crippen molar-refractivity contribution in [2.24, 2.45) is 0 Å². The number of benzene rings is 1. The van der Waals surface area contributed by atoms with Crippen LogP contribution in [-0.2, 0) is 0 Å². The number of phenols is 2. The lowest BCUT2D eigenvalue weighted by molar-refractivity contribution is 0.0544. The van der Waals surface area contributed by atoms with Crippen LogP contribution in [0.25, 0.3) is 0 Å². The zero-order valence-electron chi connectivity index (χ0n) is 9.33. The molecule has 5 heteroatoms. The molecule has 3 N–H and O–H groups in total. The summed E-state index contributed by atoms with van der Waals surface area (Å²) in [4.78, 5) is 13.6. The number of aliphatic hydroxyl groups is 1. The first-order valence-corrected chi connectivity index (χ1v) is 5.57. The highest BCUT2D eigenvalue weighted by atomic mass is 16.3. The number of carbonyl (C=O) groups excluding carboxylic acids is 1. The second kappa shape index (κ2) is 4.63. The predicted molar refractivity (Wildman–Crippen MR) is 60.9 cm³/mol. The molecule has 1 aromatic rings. The van der Waals surface area contributed by atoms with Gasteiger partial charge in [0, 0.05) is 19.2 Å². The summed E-state index contributed by atoms with van der Waals surface area (Å²) < 4.78 is 0. The van der Waals surface area contributed by atoms with Crippen molar-refractivity contribution in [3.05, 3.63) is 23.8 Å². The fraction of sp³-hybridized carbons (Fsp3) is 0.417. The number of hydrogen-bond acceptors (Lipinski definition) is 4. The largest absolute Gasteiger partial charge is 0.508 e. The molecular weight excluding hydrogens is 222 g/mol. The van der Waals surface area contributed by atoms with Crippen LogP contribution in [0, 0.1) is 0 Å². The van der Waals surface area contributed by atoms with Gasteiger partial charge in [-0.3, -0.25) is 4.79 Å². The molecule has 0 radical (unpaired) electrons. The van der Waals surface area contributed by atoms with Crippen LogP contribution in [0.3, 0.4) is 0 Å². The predicted octanol–water partition coefficient (Wildman–Crippen LogP) is 0.695. The first-order chi connectivity index (χ1) is 8.08. The summed E-state index contributed by atoms with van der Waals surface area (Å²) in [7, 11) is 0. The van der Waals surface area contributed by atoms with Crippen molar-refractivity contribution in [1.29, 1.82) is 0 Å². The molecule has 1 heterocycles. The zero-order chi connectivity index (χ0) is 12.4. The normalized spacial score (nSPS) is 17.1. The van der Waals surface area contributed by atoms with Gasteiger partial charge in [0.15, 0.2) is 0 Å². The first kappa shape index (κ1) is 11.7. The second-order valence-corrected chi connectivity index (χ2v) is 4.22. The summed E-state index contributed by atoms with van der Waals surface area (Å²) in [6, 6.07) is 3.91. The number of amides is 1. The van der Waals surface area contributed by atoms with Gasteiger partial charge >= 0.3 is 0 Å². The minimum absolute atomic E-state index is 0.0758. The number of carbonyl (C=O) groups is 1. The van der Waals surface area contributed by atoms with Crippen molar-refractivity contribution in [3.63, 3.8) is 0 Å². The molecular formula is C12H15NO4. The fourth-order valence-electron chi connectivity index (χ4n) is 1.94. The number of piperidine rings is 1. The number of likely N-dealkylation sites (tertiary alicyclic amines) is 1. The molecule has 1 aliphatic rings. The van der Waals surface area contributed by atoms with E-state index in [1.165, 1.54) is 12.1 Å². The Kier molecular flexibility index (Phi) is 3.19. The van der Waals surface area contributed by atoms with E-state index in [2.05, 4.69) is 0 Å². The SMILES string of the molecule is O=C(c1ccc(O)cc1O)N1CCC(O)CC1. The van der Waals surface area contributed by atoms with Crippen LogP contribution in [0.4, 0.5) is 0 Å². The van der Waals surface area contributed by atoms with Gasteiger partial charge in [-0.2, -0.15) is 0 Å². The van der Waals surface area contributed by atoms with Crippen molar-refractivity contribution >= 4 is 5.91 Å². The maximum absolute atomic E-state index is 12.0. The van der Waals surface area contributed by atoms with Crippen LogP contribution in [0.15, 0.2) is 18.2 Å². The number of hydrogen-bond donors (Lipinski definition) is 3. The summed E-state index contributed by atoms with van der Waals surface area (Å²) in [6.07, 6.45) is 0.780. The third-order valence-corrected chi connectivity index (χ3v) is 2.96. The number of rotatable bonds is 1. The Balaban J connectivity index is 2.14. The highest BCUT2D eigenvalue weighted by Gasteiger charge is 2.24. The fourth-order valence-corrected chi connectivity index (χ4v) is 1.94. The molecule has 17 heavy (non-hydrogen) atoms. The van der Waals surface area contributed by atoms with E-state index in [9.17, 15) is 15.0 Å². The number of aromatic hydroxyl groups is 2. The Labute approximate surface area is 98.9 Å². The number of phenolic OH excluding ortho intramolecular Hbond substituents is 2. The Hall–Kier alpha value is -1.75. The van der Waals surface area contributed by atoms with Gasteiger partial charge < -0.3 is 20.2 Å². The third kappa shape index (κ3) is 2.50. The Morgan fingerprint density at radius 2 is 1.88 bits per heavy atom. The number of nitrogens with zero attached hydrogens (tertiary/aromatic N) is 1. The molecule has 0 unspecified atom stereocenters. The van der Waals surface area contributed by atoms with E-state index in [0.717, 1.165) is 6.07 Å². The number of aliphatic hydroxyl groups excluding tert-OH is 1. The van der Waals surface area contributed by atoms with Crippen LogP contribution in [0.1, 0.15) is 23.2 Å². The van der Waals surface area contributed by atoms with Crippen molar-refractivity contribution in [1.82, 2.24) is 4.90 Å². The molecule has 5 nitrogen and oxygen atoms in total. The van der Waals surface area contributed by atoms with Crippen LogP contribution in [0.2, 0.25) is 0 Å². The van der Waals surface area contributed by atoms with E-state index in [-0.39, 0.29) is 29.1 Å². The Bertz CT molecular complexity index is 425. The summed E-state index contributed by atoms with van der Waals surface area (Å²) in [5, 5.41) is 28.1. The maximum Gasteiger partial charge on any atom is 0.257 e. The summed E-state index contributed by atoms with van der Waals surface area (Å²) in [6.45, 7) is 0.973. The zero-order valence-corrected chi connectivity index (χ0v) is 9.33. The Morgan fingerprint density at radius 1 is 1.24 bits per heavy atom. The van der Waals surface area contributed by atoms with Crippen molar-refractivity contribution in [2.75, 3.05) is 13.1 Å². The van der Waals surface area contributed by atoms with Gasteiger partial charge in [0.25, 0.3) is 5.91 Å². The average molecular weight is 237 g/mol. The van der Waals surface area contributed by atoms with Gasteiger partial charge in [-0.25, -0.2) is 0 Å². The molecule has 1 aromatic carbocycles. The van der Waals surface area contributed by atoms with Crippen LogP contribution < -0.4 is 0 Å². The van der Waals surface area contributed by atoms with Crippen LogP contribution >= 0.6 is 0 Å². The topological polar surface area (TPSA) is 81.0 Å². The molecule has 0 spiro atoms. The van der Waals surface area contributed by atoms with Gasteiger partial charge in [0.1, 0.15) is 11.5 Å². The molecule has 2 rings (SSSR count). The van der Waals surface area contributed by atoms with E-state index in [1.807, 2.05) is 0 Å². The van der Waals surface area contributed by atoms with Gasteiger partial charge in [0.2, 0.25) is 0 Å². The molecule has 1 saturated heterocycles. The molecule has 0 saturated carbocycles. The van der Waals surface area contributed by atoms with Crippen molar-refractivity contribution < 1.29 is 20.1 Å². The minimum Gasteiger partial charge on any atom is -0.508 e. The smallest absolute Gasteiger partial charge is 0.257 e. The van der Waals surface area contributed by atoms with E-state index >= 15 is 0 Å². The van der Waals surface area contributed by atoms with Crippen molar-refractivity contribution in [3.8, 4) is 11.5 Å². The molecule has 0 aliphatic carbocycles. The molecule has 1 aliphatic heterocycles. The summed E-state index contributed by atoms with van der Waals surface area (Å²) in [5.74, 6) is -0.566. The quantitative estimate of drug-likeness (QED) is 0.671. The molecule has 1 fully saturated rings. The molecule has 0 aromatic heterocycles. The van der Waals surface area contributed by atoms with Gasteiger partial charge in [0.05, 0.1) is 11.7 Å². The van der Waals surface area contributed by atoms with Gasteiger partial charge in [-0.1, -0.05) is 0 Å². The molecule has 92 valence electrons. The highest BCUT2D eigenvalue weighted by molar-refractivity contribution is 5.97. The van der Waals surface area contributed by atoms with Crippen LogP contribution in [-0.4, -0.2) is 45.3 Å². The second-order valence-electron chi connectivity index (χ2n) is 4.22. The molecule has 0 bridgehead atoms. The first-order valence-electron chi connectivity index (χ1n) is 5.57. The monoisotopic (exact) mass is 237 g/mol. The third-order valence-electron chi connectivity index (χ3n) is 2.96. The molecule has 1 amide bonds. The van der Waals surface area contributed by atoms with Crippen molar-refractivity contribution in [2.45, 2.75) is 18.9 Å². The highest BCUT2D eigenvalue weighted by Crippen LogP contribution is 2.24. The lowest BCUT2D eigenvalue weighted by Crippen LogP contribution is -2.40. The van der Waals surface area contributed by atoms with E-state index in [0.29, 0.717) is 25.9 Å². The minimum atomic E-state index is -0.340. The van der Waals surface area contributed by atoms with E-state index in [4.69, 9.17) is 5.11 Å². The summed E-state index contributed by atoms with van der Waals surface area (Å²) in [5.41, 5.74) is 0.180. The Morgan fingerprint density at radius 3 is 2.47 bits per heavy atom. The average Bonchev–Trinajstić information content (AvgIpc) is 2.29. The molecule has 0 atom stereocenters. The van der Waals surface area contributed by atoms with E-state index < -0.39 is 0 Å². The van der Waals surface area contributed by atoms with Gasteiger partial charge in [-0.15, -0.1) is 0 Å². The summed E-state index contributed by atoms with van der Waals surface area (Å²) >= 11 is 0. The lowest BCUT2D eigenvalue weighted by atomic mass is 10.1. The standard InChI is InChI=1S/C12H15NO4/c14-8-3-5-13(6-4-8)12(17)10-2-1-9(15)7-11(10)16/h1-2,7-8,14-16H,3-6H2. The lowest BCUT2D eigenvalue weighted by Gasteiger charge is -2.29.